The Balaban J connectivity index is 2.03. The van der Waals surface area contributed by atoms with Gasteiger partial charge in [0.15, 0.2) is 6.29 Å². The quantitative estimate of drug-likeness (QED) is 0.704. The van der Waals surface area contributed by atoms with Crippen LogP contribution in [-0.2, 0) is 13.5 Å². The molecule has 4 heteroatoms. The van der Waals surface area contributed by atoms with Crippen LogP contribution in [0.3, 0.4) is 0 Å². The third-order valence-corrected chi connectivity index (χ3v) is 3.49. The van der Waals surface area contributed by atoms with Gasteiger partial charge in [0.1, 0.15) is 0 Å². The summed E-state index contributed by atoms with van der Waals surface area (Å²) in [4.78, 5) is 13.8. The van der Waals surface area contributed by atoms with Gasteiger partial charge in [0.25, 0.3) is 0 Å². The van der Waals surface area contributed by atoms with Crippen LogP contribution in [0.15, 0.2) is 36.4 Å². The Morgan fingerprint density at radius 1 is 1.32 bits per heavy atom. The third-order valence-electron chi connectivity index (χ3n) is 3.49. The molecule has 0 unspecified atom stereocenters. The maximum atomic E-state index is 10.7. The molecular weight excluding hydrogens is 238 g/mol. The molecule has 0 aliphatic heterocycles. The molecule has 3 aromatic rings. The lowest BCUT2D eigenvalue weighted by molar-refractivity contribution is 0.111. The molecular formula is C15H15N3O. The van der Waals surface area contributed by atoms with E-state index in [0.29, 0.717) is 17.8 Å². The molecule has 0 saturated carbocycles. The van der Waals surface area contributed by atoms with Gasteiger partial charge in [0, 0.05) is 30.4 Å². The maximum absolute atomic E-state index is 10.7. The van der Waals surface area contributed by atoms with Crippen molar-refractivity contribution in [3.05, 3.63) is 53.5 Å². The topological polar surface area (TPSA) is 63.8 Å². The lowest BCUT2D eigenvalue weighted by atomic mass is 10.2. The highest BCUT2D eigenvalue weighted by Crippen LogP contribution is 2.22. The van der Waals surface area contributed by atoms with Crippen molar-refractivity contribution in [1.82, 2.24) is 9.55 Å². The number of fused-ring (bicyclic) bond motifs is 1. The molecule has 0 aliphatic carbocycles. The summed E-state index contributed by atoms with van der Waals surface area (Å²) in [7, 11) is 2.04. The summed E-state index contributed by atoms with van der Waals surface area (Å²) < 4.78 is 2.15. The number of aryl methyl sites for hydroxylation is 1. The van der Waals surface area contributed by atoms with Gasteiger partial charge in [0.05, 0.1) is 11.4 Å². The molecule has 0 saturated heterocycles. The number of aldehydes is 1. The molecule has 0 radical (unpaired) electrons. The maximum Gasteiger partial charge on any atom is 0.166 e. The molecule has 0 atom stereocenters. The number of nitrogens with zero attached hydrogens (tertiary/aromatic N) is 1. The van der Waals surface area contributed by atoms with Crippen molar-refractivity contribution in [3.8, 4) is 0 Å². The van der Waals surface area contributed by atoms with E-state index in [0.717, 1.165) is 17.7 Å². The number of nitrogens with two attached hydrogens (primary N) is 1. The van der Waals surface area contributed by atoms with Crippen LogP contribution in [0, 0.1) is 0 Å². The van der Waals surface area contributed by atoms with Gasteiger partial charge in [-0.2, -0.15) is 0 Å². The van der Waals surface area contributed by atoms with E-state index in [-0.39, 0.29) is 0 Å². The minimum Gasteiger partial charge on any atom is -0.397 e. The Morgan fingerprint density at radius 2 is 2.11 bits per heavy atom. The summed E-state index contributed by atoms with van der Waals surface area (Å²) in [5.41, 5.74) is 10.3. The van der Waals surface area contributed by atoms with Gasteiger partial charge >= 0.3 is 0 Å². The average molecular weight is 253 g/mol. The Kier molecular flexibility index (Phi) is 2.63. The second kappa shape index (κ2) is 4.31. The molecule has 4 nitrogen and oxygen atoms in total. The monoisotopic (exact) mass is 253 g/mol. The largest absolute Gasteiger partial charge is 0.397 e. The molecule has 2 aromatic heterocycles. The van der Waals surface area contributed by atoms with Gasteiger partial charge in [-0.15, -0.1) is 0 Å². The van der Waals surface area contributed by atoms with Crippen molar-refractivity contribution >= 4 is 22.9 Å². The van der Waals surface area contributed by atoms with Gasteiger partial charge in [-0.05, 0) is 23.6 Å². The number of carbonyl (C=O) groups excluding carboxylic acids is 1. The lowest BCUT2D eigenvalue weighted by Crippen LogP contribution is -2.00. The van der Waals surface area contributed by atoms with Crippen molar-refractivity contribution in [2.75, 3.05) is 5.73 Å². The first kappa shape index (κ1) is 11.6. The SMILES string of the molecule is Cn1c(Cc2[nH]c(C=O)cc2N)cc2ccccc21. The number of rotatable bonds is 3. The number of carbonyl (C=O) groups is 1. The minimum atomic E-state index is 0.520. The first-order valence-electron chi connectivity index (χ1n) is 6.15. The van der Waals surface area contributed by atoms with E-state index in [1.54, 1.807) is 6.07 Å². The smallest absolute Gasteiger partial charge is 0.166 e. The third kappa shape index (κ3) is 1.91. The van der Waals surface area contributed by atoms with Crippen molar-refractivity contribution < 1.29 is 4.79 Å². The van der Waals surface area contributed by atoms with E-state index in [4.69, 9.17) is 5.73 Å². The number of nitrogens with one attached hydrogen (secondary N) is 1. The van der Waals surface area contributed by atoms with E-state index in [1.165, 1.54) is 10.9 Å². The first-order valence-corrected chi connectivity index (χ1v) is 6.15. The zero-order chi connectivity index (χ0) is 13.4. The van der Waals surface area contributed by atoms with Crippen molar-refractivity contribution in [1.29, 1.82) is 0 Å². The molecule has 0 amide bonds. The molecule has 0 fully saturated rings. The summed E-state index contributed by atoms with van der Waals surface area (Å²) >= 11 is 0. The molecule has 1 aromatic carbocycles. The predicted molar refractivity (Wildman–Crippen MR) is 76.3 cm³/mol. The molecule has 2 heterocycles. The number of hydrogen-bond acceptors (Lipinski definition) is 2. The number of aromatic nitrogens is 2. The van der Waals surface area contributed by atoms with Crippen LogP contribution in [0.1, 0.15) is 21.9 Å². The van der Waals surface area contributed by atoms with Crippen LogP contribution >= 0.6 is 0 Å². The Morgan fingerprint density at radius 3 is 2.79 bits per heavy atom. The second-order valence-electron chi connectivity index (χ2n) is 4.71. The fourth-order valence-electron chi connectivity index (χ4n) is 2.44. The van der Waals surface area contributed by atoms with Gasteiger partial charge in [-0.1, -0.05) is 18.2 Å². The standard InChI is InChI=1S/C15H15N3O/c1-18-12(6-10-4-2-3-5-15(10)18)8-14-13(16)7-11(9-19)17-14/h2-7,9,17H,8,16H2,1H3. The molecule has 0 aliphatic rings. The summed E-state index contributed by atoms with van der Waals surface area (Å²) in [6.07, 6.45) is 1.46. The zero-order valence-corrected chi connectivity index (χ0v) is 10.7. The van der Waals surface area contributed by atoms with Gasteiger partial charge in [-0.25, -0.2) is 0 Å². The summed E-state index contributed by atoms with van der Waals surface area (Å²) in [5, 5.41) is 1.21. The number of aromatic amines is 1. The molecule has 3 rings (SSSR count). The molecule has 0 bridgehead atoms. The van der Waals surface area contributed by atoms with Crippen LogP contribution in [0.4, 0.5) is 5.69 Å². The normalized spacial score (nSPS) is 11.0. The van der Waals surface area contributed by atoms with Gasteiger partial charge < -0.3 is 15.3 Å². The molecule has 96 valence electrons. The van der Waals surface area contributed by atoms with Crippen LogP contribution in [-0.4, -0.2) is 15.8 Å². The second-order valence-corrected chi connectivity index (χ2v) is 4.71. The zero-order valence-electron chi connectivity index (χ0n) is 10.7. The van der Waals surface area contributed by atoms with Crippen LogP contribution in [0.2, 0.25) is 0 Å². The molecule has 0 spiro atoms. The molecule has 19 heavy (non-hydrogen) atoms. The van der Waals surface area contributed by atoms with Crippen molar-refractivity contribution in [2.24, 2.45) is 7.05 Å². The van der Waals surface area contributed by atoms with E-state index in [9.17, 15) is 4.79 Å². The summed E-state index contributed by atoms with van der Waals surface area (Å²) in [5.74, 6) is 0. The van der Waals surface area contributed by atoms with Gasteiger partial charge in [0.2, 0.25) is 0 Å². The number of H-pyrrole nitrogens is 1. The highest BCUT2D eigenvalue weighted by Gasteiger charge is 2.10. The highest BCUT2D eigenvalue weighted by atomic mass is 16.1. The number of benzene rings is 1. The van der Waals surface area contributed by atoms with Crippen LogP contribution in [0.5, 0.6) is 0 Å². The number of nitrogen functional groups attached to an aromatic ring is 1. The van der Waals surface area contributed by atoms with Crippen molar-refractivity contribution in [3.63, 3.8) is 0 Å². The summed E-state index contributed by atoms with van der Waals surface area (Å²) in [6.45, 7) is 0. The summed E-state index contributed by atoms with van der Waals surface area (Å²) in [6, 6.07) is 12.1. The number of hydrogen-bond donors (Lipinski definition) is 2. The fourth-order valence-corrected chi connectivity index (χ4v) is 2.44. The first-order chi connectivity index (χ1) is 9.19. The number of para-hydroxylation sites is 1. The van der Waals surface area contributed by atoms with Crippen LogP contribution in [0.25, 0.3) is 10.9 Å². The fraction of sp³-hybridized carbons (Fsp3) is 0.133. The van der Waals surface area contributed by atoms with E-state index < -0.39 is 0 Å². The van der Waals surface area contributed by atoms with Gasteiger partial charge in [-0.3, -0.25) is 4.79 Å². The Labute approximate surface area is 110 Å². The van der Waals surface area contributed by atoms with E-state index >= 15 is 0 Å². The van der Waals surface area contributed by atoms with Crippen LogP contribution < -0.4 is 5.73 Å². The average Bonchev–Trinajstić information content (AvgIpc) is 2.93. The lowest BCUT2D eigenvalue weighted by Gasteiger charge is -2.04. The van der Waals surface area contributed by atoms with E-state index in [2.05, 4.69) is 27.8 Å². The Bertz CT molecular complexity index is 752. The molecule has 3 N–H and O–H groups in total. The van der Waals surface area contributed by atoms with E-state index in [1.807, 2.05) is 19.2 Å². The number of anilines is 1. The highest BCUT2D eigenvalue weighted by molar-refractivity contribution is 5.81. The van der Waals surface area contributed by atoms with Crippen molar-refractivity contribution in [2.45, 2.75) is 6.42 Å². The minimum absolute atomic E-state index is 0.520. The Hall–Kier alpha value is -2.49. The predicted octanol–water partition coefficient (Wildman–Crippen LogP) is 2.49.